The highest BCUT2D eigenvalue weighted by Crippen LogP contribution is 2.22. The first-order valence-corrected chi connectivity index (χ1v) is 4.64. The van der Waals surface area contributed by atoms with E-state index in [2.05, 4.69) is 0 Å². The van der Waals surface area contributed by atoms with Gasteiger partial charge in [0.25, 0.3) is 0 Å². The summed E-state index contributed by atoms with van der Waals surface area (Å²) in [6.45, 7) is 1.86. The fraction of sp³-hybridized carbons (Fsp3) is 0.455. The number of hydrogen-bond donors (Lipinski definition) is 0. The normalized spacial score (nSPS) is 15.5. The van der Waals surface area contributed by atoms with Gasteiger partial charge in [-0.1, -0.05) is 30.3 Å². The zero-order valence-electron chi connectivity index (χ0n) is 8.81. The fourth-order valence-electron chi connectivity index (χ4n) is 1.44. The van der Waals surface area contributed by atoms with Gasteiger partial charge in [-0.05, 0) is 19.5 Å². The van der Waals surface area contributed by atoms with Crippen LogP contribution in [0.5, 0.6) is 0 Å². The van der Waals surface area contributed by atoms with E-state index in [0.29, 0.717) is 0 Å². The molecule has 3 heteroatoms. The first kappa shape index (κ1) is 11.2. The average Bonchev–Trinajstić information content (AvgIpc) is 2.20. The summed E-state index contributed by atoms with van der Waals surface area (Å²) in [6.07, 6.45) is -0.168. The number of rotatable bonds is 4. The van der Waals surface area contributed by atoms with Gasteiger partial charge in [-0.2, -0.15) is 0 Å². The fourth-order valence-corrected chi connectivity index (χ4v) is 1.44. The molecule has 3 nitrogen and oxygen atoms in total. The van der Waals surface area contributed by atoms with Crippen molar-refractivity contribution in [3.8, 4) is 0 Å². The van der Waals surface area contributed by atoms with Gasteiger partial charge in [0.2, 0.25) is 0 Å². The SMILES string of the molecule is COC(c1ccccc1)C(C)N(C)[O-]. The molecule has 0 fully saturated rings. The van der Waals surface area contributed by atoms with Gasteiger partial charge in [-0.25, -0.2) is 0 Å². The Labute approximate surface area is 84.9 Å². The molecule has 1 aromatic rings. The van der Waals surface area contributed by atoms with Crippen LogP contribution in [0.25, 0.3) is 0 Å². The van der Waals surface area contributed by atoms with E-state index in [4.69, 9.17) is 4.74 Å². The predicted octanol–water partition coefficient (Wildman–Crippen LogP) is 2.19. The van der Waals surface area contributed by atoms with Crippen molar-refractivity contribution in [3.05, 3.63) is 41.1 Å². The van der Waals surface area contributed by atoms with E-state index < -0.39 is 0 Å². The lowest BCUT2D eigenvalue weighted by Gasteiger charge is -2.35. The number of benzene rings is 1. The number of hydroxylamine groups is 2. The van der Waals surface area contributed by atoms with Crippen LogP contribution in [-0.2, 0) is 4.74 Å². The number of likely N-dealkylation sites (N-methyl/N-ethyl adjacent to an activating group) is 1. The van der Waals surface area contributed by atoms with E-state index in [0.717, 1.165) is 10.6 Å². The second kappa shape index (κ2) is 5.10. The molecular formula is C11H16NO2-. The van der Waals surface area contributed by atoms with Crippen molar-refractivity contribution in [1.29, 1.82) is 0 Å². The summed E-state index contributed by atoms with van der Waals surface area (Å²) >= 11 is 0. The Bertz CT molecular complexity index is 261. The third-order valence-corrected chi connectivity index (χ3v) is 2.39. The number of hydrogen-bond acceptors (Lipinski definition) is 3. The summed E-state index contributed by atoms with van der Waals surface area (Å²) in [5.74, 6) is 0. The molecule has 0 amide bonds. The Morgan fingerprint density at radius 2 is 1.86 bits per heavy atom. The van der Waals surface area contributed by atoms with Gasteiger partial charge >= 0.3 is 0 Å². The molecule has 0 bridgehead atoms. The minimum absolute atomic E-state index is 0.168. The molecule has 78 valence electrons. The molecule has 0 aromatic heterocycles. The highest BCUT2D eigenvalue weighted by molar-refractivity contribution is 5.19. The molecule has 0 radical (unpaired) electrons. The topological polar surface area (TPSA) is 35.5 Å². The summed E-state index contributed by atoms with van der Waals surface area (Å²) < 4.78 is 5.32. The maximum absolute atomic E-state index is 11.2. The lowest BCUT2D eigenvalue weighted by molar-refractivity contribution is 0.0451. The molecule has 0 aliphatic rings. The van der Waals surface area contributed by atoms with E-state index >= 15 is 0 Å². The summed E-state index contributed by atoms with van der Waals surface area (Å²) in [5.41, 5.74) is 1.03. The molecule has 14 heavy (non-hydrogen) atoms. The first-order valence-electron chi connectivity index (χ1n) is 4.64. The van der Waals surface area contributed by atoms with Crippen molar-refractivity contribution < 1.29 is 4.74 Å². The first-order chi connectivity index (χ1) is 6.66. The Kier molecular flexibility index (Phi) is 4.07. The Balaban J connectivity index is 2.82. The third-order valence-electron chi connectivity index (χ3n) is 2.39. The highest BCUT2D eigenvalue weighted by Gasteiger charge is 2.17. The van der Waals surface area contributed by atoms with Gasteiger partial charge < -0.3 is 15.0 Å². The number of methoxy groups -OCH3 is 1. The summed E-state index contributed by atoms with van der Waals surface area (Å²) in [6, 6.07) is 9.59. The molecule has 2 unspecified atom stereocenters. The van der Waals surface area contributed by atoms with E-state index in [1.165, 1.54) is 7.05 Å². The van der Waals surface area contributed by atoms with E-state index in [9.17, 15) is 5.21 Å². The molecule has 2 atom stereocenters. The van der Waals surface area contributed by atoms with Crippen molar-refractivity contribution >= 4 is 0 Å². The smallest absolute Gasteiger partial charge is 0.0964 e. The number of ether oxygens (including phenoxy) is 1. The summed E-state index contributed by atoms with van der Waals surface area (Å²) in [4.78, 5) is 0. The van der Waals surface area contributed by atoms with Crippen LogP contribution >= 0.6 is 0 Å². The molecule has 0 saturated heterocycles. The van der Waals surface area contributed by atoms with Crippen LogP contribution in [0.1, 0.15) is 18.6 Å². The second-order valence-corrected chi connectivity index (χ2v) is 3.35. The molecule has 0 spiro atoms. The van der Waals surface area contributed by atoms with Crippen LogP contribution in [0.15, 0.2) is 30.3 Å². The molecule has 0 heterocycles. The second-order valence-electron chi connectivity index (χ2n) is 3.35. The zero-order chi connectivity index (χ0) is 10.6. The minimum atomic E-state index is -0.178. The lowest BCUT2D eigenvalue weighted by Crippen LogP contribution is -2.30. The molecule has 0 aliphatic heterocycles. The van der Waals surface area contributed by atoms with Crippen LogP contribution in [0.3, 0.4) is 0 Å². The number of nitrogens with zero attached hydrogens (tertiary/aromatic N) is 1. The molecular weight excluding hydrogens is 178 g/mol. The van der Waals surface area contributed by atoms with Crippen LogP contribution in [0.4, 0.5) is 0 Å². The maximum Gasteiger partial charge on any atom is 0.0964 e. The van der Waals surface area contributed by atoms with Crippen LogP contribution in [0.2, 0.25) is 0 Å². The van der Waals surface area contributed by atoms with Gasteiger partial charge in [0.05, 0.1) is 6.10 Å². The quantitative estimate of drug-likeness (QED) is 0.689. The highest BCUT2D eigenvalue weighted by atomic mass is 16.5. The maximum atomic E-state index is 11.2. The van der Waals surface area contributed by atoms with E-state index in [-0.39, 0.29) is 12.1 Å². The zero-order valence-corrected chi connectivity index (χ0v) is 8.81. The third kappa shape index (κ3) is 2.54. The molecule has 0 aliphatic carbocycles. The largest absolute Gasteiger partial charge is 0.785 e. The van der Waals surface area contributed by atoms with Crippen molar-refractivity contribution in [3.63, 3.8) is 0 Å². The molecule has 1 aromatic carbocycles. The van der Waals surface area contributed by atoms with Crippen molar-refractivity contribution in [2.45, 2.75) is 19.1 Å². The van der Waals surface area contributed by atoms with Crippen LogP contribution < -0.4 is 0 Å². The summed E-state index contributed by atoms with van der Waals surface area (Å²) in [5, 5.41) is 12.1. The molecule has 0 N–H and O–H groups in total. The van der Waals surface area contributed by atoms with Gasteiger partial charge in [0.15, 0.2) is 0 Å². The monoisotopic (exact) mass is 194 g/mol. The minimum Gasteiger partial charge on any atom is -0.785 e. The lowest BCUT2D eigenvalue weighted by atomic mass is 10.0. The van der Waals surface area contributed by atoms with Crippen LogP contribution in [0, 0.1) is 5.21 Å². The van der Waals surface area contributed by atoms with Gasteiger partial charge in [0.1, 0.15) is 0 Å². The van der Waals surface area contributed by atoms with E-state index in [1.54, 1.807) is 7.11 Å². The van der Waals surface area contributed by atoms with Gasteiger partial charge in [-0.15, -0.1) is 0 Å². The summed E-state index contributed by atoms with van der Waals surface area (Å²) in [7, 11) is 3.14. The van der Waals surface area contributed by atoms with Gasteiger partial charge in [0, 0.05) is 13.2 Å². The van der Waals surface area contributed by atoms with Crippen LogP contribution in [-0.4, -0.2) is 25.3 Å². The standard InChI is InChI=1S/C11H16NO2/c1-9(12(2)13)11(14-3)10-7-5-4-6-8-10/h4-9,11H,1-3H3/q-1. The van der Waals surface area contributed by atoms with Gasteiger partial charge in [-0.3, -0.25) is 0 Å². The predicted molar refractivity (Wildman–Crippen MR) is 56.8 cm³/mol. The molecule has 1 rings (SSSR count). The average molecular weight is 194 g/mol. The Morgan fingerprint density at radius 1 is 1.29 bits per heavy atom. The van der Waals surface area contributed by atoms with Crippen molar-refractivity contribution in [2.24, 2.45) is 0 Å². The molecule has 0 saturated carbocycles. The Morgan fingerprint density at radius 3 is 2.29 bits per heavy atom. The van der Waals surface area contributed by atoms with E-state index in [1.807, 2.05) is 37.3 Å². The van der Waals surface area contributed by atoms with Crippen molar-refractivity contribution in [1.82, 2.24) is 5.06 Å². The van der Waals surface area contributed by atoms with Crippen molar-refractivity contribution in [2.75, 3.05) is 14.2 Å². The Hall–Kier alpha value is -0.900.